The minimum absolute atomic E-state index is 0.0104. The summed E-state index contributed by atoms with van der Waals surface area (Å²) < 4.78 is 1.69. The van der Waals surface area contributed by atoms with Gasteiger partial charge in [-0.3, -0.25) is 9.78 Å². The Morgan fingerprint density at radius 1 is 1.04 bits per heavy atom. The first-order valence-electron chi connectivity index (χ1n) is 7.46. The van der Waals surface area contributed by atoms with E-state index in [4.69, 9.17) is 0 Å². The van der Waals surface area contributed by atoms with Crippen LogP contribution in [0, 0.1) is 6.92 Å². The van der Waals surface area contributed by atoms with E-state index in [0.29, 0.717) is 13.1 Å². The maximum atomic E-state index is 11.7. The summed E-state index contributed by atoms with van der Waals surface area (Å²) in [5.41, 5.74) is 3.14. The molecule has 2 heterocycles. The summed E-state index contributed by atoms with van der Waals surface area (Å²) in [6.45, 7) is 3.18. The van der Waals surface area contributed by atoms with Crippen molar-refractivity contribution in [1.82, 2.24) is 14.5 Å². The summed E-state index contributed by atoms with van der Waals surface area (Å²) in [5, 5.41) is 3.25. The first-order valence-corrected chi connectivity index (χ1v) is 7.46. The van der Waals surface area contributed by atoms with Crippen molar-refractivity contribution in [3.05, 3.63) is 88.2 Å². The second-order valence-corrected chi connectivity index (χ2v) is 5.38. The lowest BCUT2D eigenvalue weighted by molar-refractivity contribution is 0.759. The molecule has 0 saturated carbocycles. The SMILES string of the molecule is Cc1cncc(NCc2ccc(Cn3ccccc3=O)cc2)n1. The second kappa shape index (κ2) is 6.87. The van der Waals surface area contributed by atoms with E-state index in [1.807, 2.05) is 25.1 Å². The number of rotatable bonds is 5. The highest BCUT2D eigenvalue weighted by Gasteiger charge is 1.99. The summed E-state index contributed by atoms with van der Waals surface area (Å²) in [6, 6.07) is 13.4. The van der Waals surface area contributed by atoms with Crippen molar-refractivity contribution in [3.8, 4) is 0 Å². The van der Waals surface area contributed by atoms with Gasteiger partial charge in [-0.05, 0) is 24.1 Å². The van der Waals surface area contributed by atoms with Crippen molar-refractivity contribution in [1.29, 1.82) is 0 Å². The molecule has 5 heteroatoms. The zero-order valence-electron chi connectivity index (χ0n) is 12.9. The van der Waals surface area contributed by atoms with Gasteiger partial charge in [-0.2, -0.15) is 0 Å². The van der Waals surface area contributed by atoms with Crippen molar-refractivity contribution in [2.45, 2.75) is 20.0 Å². The van der Waals surface area contributed by atoms with Crippen LogP contribution in [-0.2, 0) is 13.1 Å². The Morgan fingerprint density at radius 2 is 1.83 bits per heavy atom. The number of hydrogen-bond donors (Lipinski definition) is 1. The molecule has 0 atom stereocenters. The summed E-state index contributed by atoms with van der Waals surface area (Å²) in [7, 11) is 0. The normalized spacial score (nSPS) is 10.5. The van der Waals surface area contributed by atoms with E-state index < -0.39 is 0 Å². The molecule has 0 spiro atoms. The first kappa shape index (κ1) is 15.0. The average molecular weight is 306 g/mol. The lowest BCUT2D eigenvalue weighted by Gasteiger charge is -2.08. The van der Waals surface area contributed by atoms with Gasteiger partial charge >= 0.3 is 0 Å². The second-order valence-electron chi connectivity index (χ2n) is 5.38. The minimum atomic E-state index is 0.0104. The Balaban J connectivity index is 1.63. The van der Waals surface area contributed by atoms with Crippen LogP contribution in [-0.4, -0.2) is 14.5 Å². The maximum absolute atomic E-state index is 11.7. The predicted octanol–water partition coefficient (Wildman–Crippen LogP) is 2.61. The third kappa shape index (κ3) is 4.03. The average Bonchev–Trinajstić information content (AvgIpc) is 2.56. The Labute approximate surface area is 134 Å². The van der Waals surface area contributed by atoms with E-state index in [2.05, 4.69) is 27.4 Å². The molecule has 0 fully saturated rings. The molecular formula is C18H18N4O. The van der Waals surface area contributed by atoms with Gasteiger partial charge in [-0.25, -0.2) is 4.98 Å². The predicted molar refractivity (Wildman–Crippen MR) is 90.3 cm³/mol. The standard InChI is InChI=1S/C18H18N4O/c1-14-10-19-12-17(21-14)20-11-15-5-7-16(8-6-15)13-22-9-3-2-4-18(22)23/h2-10,12H,11,13H2,1H3,(H,20,21). The molecule has 2 aromatic heterocycles. The Kier molecular flexibility index (Phi) is 4.47. The molecule has 0 radical (unpaired) electrons. The number of hydrogen-bond acceptors (Lipinski definition) is 4. The number of nitrogens with one attached hydrogen (secondary N) is 1. The number of aromatic nitrogens is 3. The Bertz CT molecular complexity index is 840. The molecule has 0 saturated heterocycles. The smallest absolute Gasteiger partial charge is 0.250 e. The lowest BCUT2D eigenvalue weighted by atomic mass is 10.1. The van der Waals surface area contributed by atoms with Gasteiger partial charge in [-0.1, -0.05) is 30.3 Å². The highest BCUT2D eigenvalue weighted by atomic mass is 16.1. The number of benzene rings is 1. The van der Waals surface area contributed by atoms with E-state index in [1.54, 1.807) is 35.3 Å². The van der Waals surface area contributed by atoms with Crippen LogP contribution in [0.2, 0.25) is 0 Å². The largest absolute Gasteiger partial charge is 0.365 e. The molecule has 0 aliphatic rings. The topological polar surface area (TPSA) is 59.8 Å². The zero-order chi connectivity index (χ0) is 16.1. The van der Waals surface area contributed by atoms with Crippen LogP contribution in [0.15, 0.2) is 65.8 Å². The van der Waals surface area contributed by atoms with Gasteiger partial charge in [0.05, 0.1) is 18.4 Å². The molecule has 3 rings (SSSR count). The third-order valence-corrected chi connectivity index (χ3v) is 3.50. The van der Waals surface area contributed by atoms with Crippen molar-refractivity contribution in [2.24, 2.45) is 0 Å². The molecule has 0 bridgehead atoms. The van der Waals surface area contributed by atoms with Crippen molar-refractivity contribution in [3.63, 3.8) is 0 Å². The van der Waals surface area contributed by atoms with Gasteiger partial charge < -0.3 is 9.88 Å². The van der Waals surface area contributed by atoms with Gasteiger partial charge in [-0.15, -0.1) is 0 Å². The van der Waals surface area contributed by atoms with Gasteiger partial charge in [0, 0.05) is 25.0 Å². The molecule has 23 heavy (non-hydrogen) atoms. The minimum Gasteiger partial charge on any atom is -0.365 e. The summed E-state index contributed by atoms with van der Waals surface area (Å²) >= 11 is 0. The van der Waals surface area contributed by atoms with Gasteiger partial charge in [0.1, 0.15) is 5.82 Å². The van der Waals surface area contributed by atoms with Crippen LogP contribution in [0.25, 0.3) is 0 Å². The van der Waals surface area contributed by atoms with E-state index in [1.165, 1.54) is 0 Å². The molecule has 0 aliphatic carbocycles. The number of aryl methyl sites for hydroxylation is 1. The van der Waals surface area contributed by atoms with Crippen LogP contribution in [0.3, 0.4) is 0 Å². The molecule has 3 aromatic rings. The molecule has 1 N–H and O–H groups in total. The van der Waals surface area contributed by atoms with Crippen LogP contribution in [0.5, 0.6) is 0 Å². The Hall–Kier alpha value is -2.95. The van der Waals surface area contributed by atoms with E-state index in [9.17, 15) is 4.79 Å². The van der Waals surface area contributed by atoms with Gasteiger partial charge in [0.15, 0.2) is 0 Å². The van der Waals surface area contributed by atoms with E-state index in [0.717, 1.165) is 22.6 Å². The van der Waals surface area contributed by atoms with E-state index >= 15 is 0 Å². The fourth-order valence-electron chi connectivity index (χ4n) is 2.29. The van der Waals surface area contributed by atoms with Crippen molar-refractivity contribution in [2.75, 3.05) is 5.32 Å². The highest BCUT2D eigenvalue weighted by molar-refractivity contribution is 5.34. The maximum Gasteiger partial charge on any atom is 0.250 e. The lowest BCUT2D eigenvalue weighted by Crippen LogP contribution is -2.18. The number of pyridine rings is 1. The fraction of sp³-hybridized carbons (Fsp3) is 0.167. The first-order chi connectivity index (χ1) is 11.2. The molecule has 5 nitrogen and oxygen atoms in total. The van der Waals surface area contributed by atoms with Crippen molar-refractivity contribution < 1.29 is 0 Å². The molecule has 1 aromatic carbocycles. The summed E-state index contributed by atoms with van der Waals surface area (Å²) in [4.78, 5) is 20.2. The molecule has 0 unspecified atom stereocenters. The molecule has 0 amide bonds. The summed E-state index contributed by atoms with van der Waals surface area (Å²) in [5.74, 6) is 0.768. The molecule has 116 valence electrons. The molecular weight excluding hydrogens is 288 g/mol. The highest BCUT2D eigenvalue weighted by Crippen LogP contribution is 2.08. The zero-order valence-corrected chi connectivity index (χ0v) is 12.9. The third-order valence-electron chi connectivity index (χ3n) is 3.50. The number of anilines is 1. The van der Waals surface area contributed by atoms with Gasteiger partial charge in [0.2, 0.25) is 0 Å². The van der Waals surface area contributed by atoms with Crippen LogP contribution in [0.1, 0.15) is 16.8 Å². The fourth-order valence-corrected chi connectivity index (χ4v) is 2.29. The van der Waals surface area contributed by atoms with Gasteiger partial charge in [0.25, 0.3) is 5.56 Å². The summed E-state index contributed by atoms with van der Waals surface area (Å²) in [6.07, 6.45) is 5.24. The van der Waals surface area contributed by atoms with Crippen LogP contribution < -0.4 is 10.9 Å². The molecule has 0 aliphatic heterocycles. The monoisotopic (exact) mass is 306 g/mol. The van der Waals surface area contributed by atoms with Crippen LogP contribution in [0.4, 0.5) is 5.82 Å². The number of nitrogens with zero attached hydrogens (tertiary/aromatic N) is 3. The van der Waals surface area contributed by atoms with Crippen LogP contribution >= 0.6 is 0 Å². The Morgan fingerprint density at radius 3 is 2.57 bits per heavy atom. The van der Waals surface area contributed by atoms with E-state index in [-0.39, 0.29) is 5.56 Å². The van der Waals surface area contributed by atoms with Crippen molar-refractivity contribution >= 4 is 5.82 Å². The quantitative estimate of drug-likeness (QED) is 0.787.